The van der Waals surface area contributed by atoms with E-state index in [2.05, 4.69) is 20.9 Å². The third kappa shape index (κ3) is 2.57. The Bertz CT molecular complexity index is 855. The van der Waals surface area contributed by atoms with Gasteiger partial charge in [-0.05, 0) is 56.5 Å². The van der Waals surface area contributed by atoms with Crippen LogP contribution in [0.3, 0.4) is 0 Å². The number of fused-ring (bicyclic) bond motifs is 1. The van der Waals surface area contributed by atoms with Gasteiger partial charge in [0.25, 0.3) is 5.56 Å². The van der Waals surface area contributed by atoms with Crippen LogP contribution in [0.1, 0.15) is 11.3 Å². The summed E-state index contributed by atoms with van der Waals surface area (Å²) >= 11 is 11.0. The summed E-state index contributed by atoms with van der Waals surface area (Å²) in [7, 11) is 0. The Morgan fingerprint density at radius 3 is 2.90 bits per heavy atom. The number of hydrogen-bond acceptors (Lipinski definition) is 3. The molecule has 0 N–H and O–H groups in total. The molecule has 3 heterocycles. The van der Waals surface area contributed by atoms with Gasteiger partial charge in [-0.3, -0.25) is 9.20 Å². The average Bonchev–Trinajstić information content (AvgIpc) is 2.95. The number of aromatic nitrogens is 2. The quantitative estimate of drug-likeness (QED) is 0.675. The highest BCUT2D eigenvalue weighted by atomic mass is 79.9. The molecule has 0 unspecified atom stereocenters. The third-order valence-corrected chi connectivity index (χ3v) is 4.26. The van der Waals surface area contributed by atoms with E-state index in [0.717, 1.165) is 10.0 Å². The van der Waals surface area contributed by atoms with Crippen molar-refractivity contribution in [2.75, 3.05) is 0 Å². The van der Waals surface area contributed by atoms with Crippen LogP contribution in [-0.2, 0) is 0 Å². The van der Waals surface area contributed by atoms with E-state index >= 15 is 0 Å². The van der Waals surface area contributed by atoms with Crippen LogP contribution in [-0.4, -0.2) is 9.38 Å². The summed E-state index contributed by atoms with van der Waals surface area (Å²) in [4.78, 5) is 16.6. The molecule has 0 atom stereocenters. The Labute approximate surface area is 132 Å². The summed E-state index contributed by atoms with van der Waals surface area (Å²) in [5, 5.41) is 4.11. The number of halogens is 2. The van der Waals surface area contributed by atoms with E-state index in [-0.39, 0.29) is 10.6 Å². The van der Waals surface area contributed by atoms with Gasteiger partial charge >= 0.3 is 0 Å². The van der Waals surface area contributed by atoms with Gasteiger partial charge in [0.1, 0.15) is 10.7 Å². The molecule has 0 aliphatic carbocycles. The maximum absolute atomic E-state index is 12.2. The van der Waals surface area contributed by atoms with Crippen LogP contribution in [0.5, 0.6) is 0 Å². The van der Waals surface area contributed by atoms with Crippen LogP contribution >= 0.6 is 38.9 Å². The maximum Gasteiger partial charge on any atom is 0.277 e. The molecule has 100 valence electrons. The van der Waals surface area contributed by atoms with E-state index in [0.29, 0.717) is 11.3 Å². The standard InChI is InChI=1S/C14H8BrClN2OS/c15-10-2-4-12-17-11(3-1-9-5-6-20-8-9)13(16)14(19)18(12)7-10/h1-8H. The Morgan fingerprint density at radius 1 is 1.30 bits per heavy atom. The first-order valence-corrected chi connectivity index (χ1v) is 7.84. The molecule has 0 saturated heterocycles. The first kappa shape index (κ1) is 13.5. The molecule has 20 heavy (non-hydrogen) atoms. The predicted octanol–water partition coefficient (Wildman–Crippen LogP) is 4.34. The normalized spacial score (nSPS) is 11.5. The highest BCUT2D eigenvalue weighted by Gasteiger charge is 2.08. The van der Waals surface area contributed by atoms with Gasteiger partial charge in [0.15, 0.2) is 0 Å². The van der Waals surface area contributed by atoms with Crippen molar-refractivity contribution in [3.63, 3.8) is 0 Å². The molecule has 0 spiro atoms. The molecule has 0 aliphatic heterocycles. The Hall–Kier alpha value is -1.43. The summed E-state index contributed by atoms with van der Waals surface area (Å²) in [6.45, 7) is 0. The van der Waals surface area contributed by atoms with Crippen LogP contribution in [0.4, 0.5) is 0 Å². The van der Waals surface area contributed by atoms with Crippen LogP contribution in [0, 0.1) is 0 Å². The van der Waals surface area contributed by atoms with Gasteiger partial charge in [0, 0.05) is 10.7 Å². The molecule has 0 amide bonds. The van der Waals surface area contributed by atoms with Crippen LogP contribution in [0.2, 0.25) is 5.02 Å². The van der Waals surface area contributed by atoms with Crippen molar-refractivity contribution in [3.05, 3.63) is 66.3 Å². The Morgan fingerprint density at radius 2 is 2.15 bits per heavy atom. The summed E-state index contributed by atoms with van der Waals surface area (Å²) in [5.41, 5.74) is 1.82. The van der Waals surface area contributed by atoms with Crippen LogP contribution in [0.25, 0.3) is 17.8 Å². The molecule has 0 radical (unpaired) electrons. The topological polar surface area (TPSA) is 34.4 Å². The lowest BCUT2D eigenvalue weighted by molar-refractivity contribution is 1.03. The van der Waals surface area contributed by atoms with Gasteiger partial charge in [-0.1, -0.05) is 17.7 Å². The van der Waals surface area contributed by atoms with Gasteiger partial charge in [0.05, 0.1) is 5.69 Å². The highest BCUT2D eigenvalue weighted by Crippen LogP contribution is 2.17. The molecule has 0 bridgehead atoms. The minimum Gasteiger partial charge on any atom is -0.267 e. The molecule has 3 aromatic rings. The van der Waals surface area contributed by atoms with Gasteiger partial charge < -0.3 is 0 Å². The monoisotopic (exact) mass is 366 g/mol. The summed E-state index contributed by atoms with van der Waals surface area (Å²) in [6.07, 6.45) is 5.30. The number of pyridine rings is 1. The molecule has 0 saturated carbocycles. The first-order chi connectivity index (χ1) is 9.65. The second-order valence-corrected chi connectivity index (χ2v) is 6.16. The lowest BCUT2D eigenvalue weighted by atomic mass is 10.2. The Kier molecular flexibility index (Phi) is 3.74. The fourth-order valence-electron chi connectivity index (χ4n) is 1.76. The van der Waals surface area contributed by atoms with Gasteiger partial charge in [-0.2, -0.15) is 11.3 Å². The molecule has 0 aliphatic rings. The lowest BCUT2D eigenvalue weighted by Gasteiger charge is -2.04. The fraction of sp³-hybridized carbons (Fsp3) is 0. The molecule has 3 rings (SSSR count). The van der Waals surface area contributed by atoms with E-state index in [1.807, 2.05) is 29.0 Å². The zero-order valence-corrected chi connectivity index (χ0v) is 13.2. The summed E-state index contributed by atoms with van der Waals surface area (Å²) in [6, 6.07) is 5.59. The highest BCUT2D eigenvalue weighted by molar-refractivity contribution is 9.10. The zero-order valence-electron chi connectivity index (χ0n) is 10.1. The second kappa shape index (κ2) is 5.52. The SMILES string of the molecule is O=c1c(Cl)c(C=Cc2ccsc2)nc2ccc(Br)cn12. The van der Waals surface area contributed by atoms with Crippen LogP contribution in [0.15, 0.2) is 44.4 Å². The summed E-state index contributed by atoms with van der Waals surface area (Å²) < 4.78 is 2.22. The maximum atomic E-state index is 12.2. The Balaban J connectivity index is 2.15. The molecular formula is C14H8BrClN2OS. The number of thiophene rings is 1. The minimum atomic E-state index is -0.275. The zero-order chi connectivity index (χ0) is 14.1. The molecule has 3 aromatic heterocycles. The fourth-order valence-corrected chi connectivity index (χ4v) is 2.93. The second-order valence-electron chi connectivity index (χ2n) is 4.08. The molecular weight excluding hydrogens is 360 g/mol. The lowest BCUT2D eigenvalue weighted by Crippen LogP contribution is -2.16. The number of hydrogen-bond donors (Lipinski definition) is 0. The molecule has 0 aromatic carbocycles. The van der Waals surface area contributed by atoms with Crippen molar-refractivity contribution < 1.29 is 0 Å². The van der Waals surface area contributed by atoms with Crippen molar-refractivity contribution in [1.29, 1.82) is 0 Å². The van der Waals surface area contributed by atoms with E-state index in [4.69, 9.17) is 11.6 Å². The third-order valence-electron chi connectivity index (χ3n) is 2.73. The average molecular weight is 368 g/mol. The molecule has 0 fully saturated rings. The van der Waals surface area contributed by atoms with E-state index in [1.165, 1.54) is 4.40 Å². The van der Waals surface area contributed by atoms with Crippen LogP contribution < -0.4 is 5.56 Å². The van der Waals surface area contributed by atoms with E-state index in [1.54, 1.807) is 29.7 Å². The number of nitrogens with zero attached hydrogens (tertiary/aromatic N) is 2. The van der Waals surface area contributed by atoms with Crippen molar-refractivity contribution in [3.8, 4) is 0 Å². The largest absolute Gasteiger partial charge is 0.277 e. The smallest absolute Gasteiger partial charge is 0.267 e. The first-order valence-electron chi connectivity index (χ1n) is 5.73. The summed E-state index contributed by atoms with van der Waals surface area (Å²) in [5.74, 6) is 0. The predicted molar refractivity (Wildman–Crippen MR) is 87.4 cm³/mol. The van der Waals surface area contributed by atoms with Crippen molar-refractivity contribution in [2.45, 2.75) is 0 Å². The number of rotatable bonds is 2. The van der Waals surface area contributed by atoms with E-state index in [9.17, 15) is 4.79 Å². The molecule has 6 heteroatoms. The van der Waals surface area contributed by atoms with E-state index < -0.39 is 0 Å². The van der Waals surface area contributed by atoms with Gasteiger partial charge in [-0.15, -0.1) is 0 Å². The van der Waals surface area contributed by atoms with Crippen molar-refractivity contribution in [1.82, 2.24) is 9.38 Å². The van der Waals surface area contributed by atoms with Crippen molar-refractivity contribution in [2.24, 2.45) is 0 Å². The van der Waals surface area contributed by atoms with Gasteiger partial charge in [0.2, 0.25) is 0 Å². The minimum absolute atomic E-state index is 0.118. The van der Waals surface area contributed by atoms with Crippen molar-refractivity contribution >= 4 is 56.7 Å². The van der Waals surface area contributed by atoms with Gasteiger partial charge in [-0.25, -0.2) is 4.98 Å². The molecule has 3 nitrogen and oxygen atoms in total.